The molecule has 1 atom stereocenters. The zero-order chi connectivity index (χ0) is 19.9. The SMILES string of the molecule is C[C@@H](NC(=O)N1CCN(c2ccc(Cl)cc2)CC1)C(=O)NCc1cccnc1. The predicted molar refractivity (Wildman–Crippen MR) is 109 cm³/mol. The summed E-state index contributed by atoms with van der Waals surface area (Å²) in [4.78, 5) is 32.6. The highest BCUT2D eigenvalue weighted by atomic mass is 35.5. The van der Waals surface area contributed by atoms with E-state index in [-0.39, 0.29) is 11.9 Å². The smallest absolute Gasteiger partial charge is 0.318 e. The van der Waals surface area contributed by atoms with Gasteiger partial charge in [-0.1, -0.05) is 17.7 Å². The molecule has 28 heavy (non-hydrogen) atoms. The Labute approximate surface area is 169 Å². The molecule has 2 N–H and O–H groups in total. The van der Waals surface area contributed by atoms with Gasteiger partial charge < -0.3 is 20.4 Å². The lowest BCUT2D eigenvalue weighted by Gasteiger charge is -2.36. The normalized spacial score (nSPS) is 15.1. The molecule has 1 aliphatic rings. The van der Waals surface area contributed by atoms with E-state index in [1.54, 1.807) is 24.2 Å². The maximum Gasteiger partial charge on any atom is 0.318 e. The molecule has 8 heteroatoms. The second kappa shape index (κ2) is 9.41. The summed E-state index contributed by atoms with van der Waals surface area (Å²) in [6.07, 6.45) is 3.38. The van der Waals surface area contributed by atoms with Gasteiger partial charge in [0.1, 0.15) is 6.04 Å². The van der Waals surface area contributed by atoms with Gasteiger partial charge in [0.2, 0.25) is 5.91 Å². The standard InChI is InChI=1S/C20H24ClN5O2/c1-15(19(27)23-14-16-3-2-8-22-13-16)24-20(28)26-11-9-25(10-12-26)18-6-4-17(21)5-7-18/h2-8,13,15H,9-12,14H2,1H3,(H,23,27)(H,24,28)/t15-/m1/s1. The highest BCUT2D eigenvalue weighted by molar-refractivity contribution is 6.30. The van der Waals surface area contributed by atoms with Crippen molar-refractivity contribution < 1.29 is 9.59 Å². The van der Waals surface area contributed by atoms with E-state index in [9.17, 15) is 9.59 Å². The number of amides is 3. The molecule has 0 saturated carbocycles. The highest BCUT2D eigenvalue weighted by Crippen LogP contribution is 2.19. The van der Waals surface area contributed by atoms with Gasteiger partial charge in [-0.3, -0.25) is 9.78 Å². The average molecular weight is 402 g/mol. The maximum atomic E-state index is 12.5. The largest absolute Gasteiger partial charge is 0.368 e. The monoisotopic (exact) mass is 401 g/mol. The molecule has 1 fully saturated rings. The molecule has 1 aromatic heterocycles. The number of nitrogens with zero attached hydrogens (tertiary/aromatic N) is 3. The zero-order valence-corrected chi connectivity index (χ0v) is 16.5. The molecule has 7 nitrogen and oxygen atoms in total. The van der Waals surface area contributed by atoms with E-state index in [1.807, 2.05) is 36.4 Å². The molecule has 0 bridgehead atoms. The highest BCUT2D eigenvalue weighted by Gasteiger charge is 2.24. The van der Waals surface area contributed by atoms with E-state index < -0.39 is 6.04 Å². The second-order valence-electron chi connectivity index (χ2n) is 6.70. The van der Waals surface area contributed by atoms with Gasteiger partial charge in [-0.15, -0.1) is 0 Å². The molecule has 0 unspecified atom stereocenters. The predicted octanol–water partition coefficient (Wildman–Crippen LogP) is 2.27. The third-order valence-electron chi connectivity index (χ3n) is 4.68. The number of hydrogen-bond donors (Lipinski definition) is 2. The van der Waals surface area contributed by atoms with Gasteiger partial charge >= 0.3 is 6.03 Å². The van der Waals surface area contributed by atoms with Crippen LogP contribution in [0.3, 0.4) is 0 Å². The van der Waals surface area contributed by atoms with Crippen molar-refractivity contribution in [3.8, 4) is 0 Å². The Kier molecular flexibility index (Phi) is 6.71. The lowest BCUT2D eigenvalue weighted by atomic mass is 10.2. The minimum Gasteiger partial charge on any atom is -0.368 e. The summed E-state index contributed by atoms with van der Waals surface area (Å²) in [6.45, 7) is 4.72. The van der Waals surface area contributed by atoms with E-state index >= 15 is 0 Å². The molecule has 148 valence electrons. The number of aromatic nitrogens is 1. The van der Waals surface area contributed by atoms with Gasteiger partial charge in [0.05, 0.1) is 0 Å². The zero-order valence-electron chi connectivity index (χ0n) is 15.8. The number of urea groups is 1. The Bertz CT molecular complexity index is 792. The second-order valence-corrected chi connectivity index (χ2v) is 7.14. The summed E-state index contributed by atoms with van der Waals surface area (Å²) in [5, 5.41) is 6.29. The van der Waals surface area contributed by atoms with Gasteiger partial charge in [-0.25, -0.2) is 4.79 Å². The third kappa shape index (κ3) is 5.36. The van der Waals surface area contributed by atoms with Crippen molar-refractivity contribution in [2.45, 2.75) is 19.5 Å². The van der Waals surface area contributed by atoms with Gasteiger partial charge in [-0.2, -0.15) is 0 Å². The lowest BCUT2D eigenvalue weighted by Crippen LogP contribution is -2.55. The average Bonchev–Trinajstić information content (AvgIpc) is 2.73. The van der Waals surface area contributed by atoms with Crippen LogP contribution < -0.4 is 15.5 Å². The Morgan fingerprint density at radius 3 is 2.50 bits per heavy atom. The number of rotatable bonds is 5. The first-order valence-corrected chi connectivity index (χ1v) is 9.63. The molecule has 3 amide bonds. The lowest BCUT2D eigenvalue weighted by molar-refractivity contribution is -0.122. The number of carbonyl (C=O) groups excluding carboxylic acids is 2. The fraction of sp³-hybridized carbons (Fsp3) is 0.350. The van der Waals surface area contributed by atoms with Crippen molar-refractivity contribution in [1.82, 2.24) is 20.5 Å². The van der Waals surface area contributed by atoms with Crippen LogP contribution in [0.15, 0.2) is 48.8 Å². The summed E-state index contributed by atoms with van der Waals surface area (Å²) in [6, 6.07) is 10.6. The Hall–Kier alpha value is -2.80. The molecule has 1 aliphatic heterocycles. The number of benzene rings is 1. The topological polar surface area (TPSA) is 77.6 Å². The number of carbonyl (C=O) groups is 2. The number of piperazine rings is 1. The van der Waals surface area contributed by atoms with Crippen LogP contribution >= 0.6 is 11.6 Å². The number of hydrogen-bond acceptors (Lipinski definition) is 4. The van der Waals surface area contributed by atoms with Crippen LogP contribution in [-0.2, 0) is 11.3 Å². The van der Waals surface area contributed by atoms with Crippen molar-refractivity contribution in [1.29, 1.82) is 0 Å². The molecular formula is C20H24ClN5O2. The van der Waals surface area contributed by atoms with Crippen molar-refractivity contribution in [2.75, 3.05) is 31.1 Å². The van der Waals surface area contributed by atoms with Crippen molar-refractivity contribution in [2.24, 2.45) is 0 Å². The first kappa shape index (κ1) is 19.9. The minimum absolute atomic E-state index is 0.222. The van der Waals surface area contributed by atoms with E-state index in [4.69, 9.17) is 11.6 Å². The number of anilines is 1. The minimum atomic E-state index is -0.613. The third-order valence-corrected chi connectivity index (χ3v) is 4.93. The Morgan fingerprint density at radius 2 is 1.86 bits per heavy atom. The van der Waals surface area contributed by atoms with Crippen molar-refractivity contribution in [3.05, 3.63) is 59.4 Å². The van der Waals surface area contributed by atoms with E-state index in [1.165, 1.54) is 0 Å². The van der Waals surface area contributed by atoms with Crippen molar-refractivity contribution >= 4 is 29.2 Å². The molecule has 0 radical (unpaired) electrons. The van der Waals surface area contributed by atoms with E-state index in [0.29, 0.717) is 24.7 Å². The van der Waals surface area contributed by atoms with Gasteiger partial charge in [0, 0.05) is 55.8 Å². The van der Waals surface area contributed by atoms with Crippen molar-refractivity contribution in [3.63, 3.8) is 0 Å². The van der Waals surface area contributed by atoms with Gasteiger partial charge in [0.15, 0.2) is 0 Å². The molecule has 0 aliphatic carbocycles. The van der Waals surface area contributed by atoms with Crippen LogP contribution in [0.1, 0.15) is 12.5 Å². The fourth-order valence-electron chi connectivity index (χ4n) is 3.01. The van der Waals surface area contributed by atoms with Crippen LogP contribution in [0.5, 0.6) is 0 Å². The van der Waals surface area contributed by atoms with Crippen LogP contribution in [0.2, 0.25) is 5.02 Å². The Balaban J connectivity index is 1.43. The molecule has 3 rings (SSSR count). The van der Waals surface area contributed by atoms with Gasteiger partial charge in [-0.05, 0) is 42.8 Å². The quantitative estimate of drug-likeness (QED) is 0.805. The van der Waals surface area contributed by atoms with Crippen LogP contribution in [0.25, 0.3) is 0 Å². The molecular weight excluding hydrogens is 378 g/mol. The molecule has 1 aromatic carbocycles. The van der Waals surface area contributed by atoms with Gasteiger partial charge in [0.25, 0.3) is 0 Å². The first-order chi connectivity index (χ1) is 13.5. The molecule has 1 saturated heterocycles. The molecule has 2 aromatic rings. The number of pyridine rings is 1. The van der Waals surface area contributed by atoms with E-state index in [0.717, 1.165) is 24.3 Å². The fourth-order valence-corrected chi connectivity index (χ4v) is 3.13. The summed E-state index contributed by atoms with van der Waals surface area (Å²) >= 11 is 5.93. The van der Waals surface area contributed by atoms with Crippen LogP contribution in [0, 0.1) is 0 Å². The van der Waals surface area contributed by atoms with Crippen LogP contribution in [0.4, 0.5) is 10.5 Å². The first-order valence-electron chi connectivity index (χ1n) is 9.25. The maximum absolute atomic E-state index is 12.5. The summed E-state index contributed by atoms with van der Waals surface area (Å²) in [7, 11) is 0. The summed E-state index contributed by atoms with van der Waals surface area (Å²) in [5.74, 6) is -0.225. The number of nitrogens with one attached hydrogen (secondary N) is 2. The molecule has 0 spiro atoms. The summed E-state index contributed by atoms with van der Waals surface area (Å²) < 4.78 is 0. The Morgan fingerprint density at radius 1 is 1.14 bits per heavy atom. The van der Waals surface area contributed by atoms with Crippen LogP contribution in [-0.4, -0.2) is 54.0 Å². The molecule has 2 heterocycles. The van der Waals surface area contributed by atoms with E-state index in [2.05, 4.69) is 20.5 Å². The summed E-state index contributed by atoms with van der Waals surface area (Å²) in [5.41, 5.74) is 2.00. The number of halogens is 1.